The molecule has 0 aliphatic rings. The summed E-state index contributed by atoms with van der Waals surface area (Å²) in [6, 6.07) is 12.7. The third-order valence-electron chi connectivity index (χ3n) is 3.98. The first-order valence-electron chi connectivity index (χ1n) is 7.63. The smallest absolute Gasteiger partial charge is 0.137 e. The van der Waals surface area contributed by atoms with Crippen molar-refractivity contribution in [2.75, 3.05) is 7.11 Å². The predicted octanol–water partition coefficient (Wildman–Crippen LogP) is 5.01. The number of nitrogens with one attached hydrogen (secondary N) is 1. The summed E-state index contributed by atoms with van der Waals surface area (Å²) in [7, 11) is 1.64. The largest absolute Gasteiger partial charge is 0.457 e. The second-order valence-corrected chi connectivity index (χ2v) is 6.59. The van der Waals surface area contributed by atoms with E-state index in [2.05, 4.69) is 15.2 Å². The first-order valence-corrected chi connectivity index (χ1v) is 8.38. The highest BCUT2D eigenvalue weighted by Crippen LogP contribution is 2.36. The number of H-pyrrole nitrogens is 1. The summed E-state index contributed by atoms with van der Waals surface area (Å²) in [5, 5.41) is 7.92. The quantitative estimate of drug-likeness (QED) is 0.655. The first kappa shape index (κ1) is 17.7. The molecule has 2 aromatic carbocycles. The molecule has 1 unspecified atom stereocenters. The molecule has 1 atom stereocenters. The fourth-order valence-electron chi connectivity index (χ4n) is 2.54. The van der Waals surface area contributed by atoms with Crippen LogP contribution in [-0.4, -0.2) is 22.3 Å². The van der Waals surface area contributed by atoms with Crippen molar-refractivity contribution < 1.29 is 9.47 Å². The van der Waals surface area contributed by atoms with Crippen LogP contribution in [0, 0.1) is 0 Å². The van der Waals surface area contributed by atoms with E-state index in [9.17, 15) is 0 Å². The van der Waals surface area contributed by atoms with Crippen LogP contribution in [0.25, 0.3) is 0 Å². The third-order valence-corrected chi connectivity index (χ3v) is 4.54. The van der Waals surface area contributed by atoms with Crippen molar-refractivity contribution in [2.45, 2.75) is 18.9 Å². The average Bonchev–Trinajstić information content (AvgIpc) is 3.09. The van der Waals surface area contributed by atoms with Gasteiger partial charge in [-0.05, 0) is 43.3 Å². The Hall–Kier alpha value is -2.08. The van der Waals surface area contributed by atoms with E-state index in [4.69, 9.17) is 32.7 Å². The molecule has 130 valence electrons. The summed E-state index contributed by atoms with van der Waals surface area (Å²) in [4.78, 5) is 4.16. The van der Waals surface area contributed by atoms with E-state index in [-0.39, 0.29) is 0 Å². The fourth-order valence-corrected chi connectivity index (χ4v) is 3.04. The first-order chi connectivity index (χ1) is 12.0. The van der Waals surface area contributed by atoms with E-state index in [1.807, 2.05) is 19.1 Å². The minimum Gasteiger partial charge on any atom is -0.457 e. The van der Waals surface area contributed by atoms with E-state index in [1.54, 1.807) is 37.4 Å². The summed E-state index contributed by atoms with van der Waals surface area (Å²) < 4.78 is 11.5. The van der Waals surface area contributed by atoms with E-state index >= 15 is 0 Å². The lowest BCUT2D eigenvalue weighted by atomic mass is 9.91. The summed E-state index contributed by atoms with van der Waals surface area (Å²) in [5.41, 5.74) is 0.201. The van der Waals surface area contributed by atoms with Gasteiger partial charge in [0, 0.05) is 24.1 Å². The van der Waals surface area contributed by atoms with Gasteiger partial charge in [0.15, 0.2) is 0 Å². The lowest BCUT2D eigenvalue weighted by Gasteiger charge is -2.29. The molecule has 0 saturated heterocycles. The summed E-state index contributed by atoms with van der Waals surface area (Å²) >= 11 is 12.4. The number of hydrogen-bond acceptors (Lipinski definition) is 4. The highest BCUT2D eigenvalue weighted by Gasteiger charge is 2.30. The number of aromatic nitrogens is 3. The number of rotatable bonds is 6. The third kappa shape index (κ3) is 4.12. The van der Waals surface area contributed by atoms with Crippen molar-refractivity contribution >= 4 is 23.2 Å². The topological polar surface area (TPSA) is 60.0 Å². The number of nitrogens with zero attached hydrogens (tertiary/aromatic N) is 2. The monoisotopic (exact) mass is 377 g/mol. The zero-order valence-corrected chi connectivity index (χ0v) is 15.3. The number of halogens is 2. The summed E-state index contributed by atoms with van der Waals surface area (Å²) in [5.74, 6) is 2.04. The SMILES string of the molecule is COC(C)(Cc1ncn[nH]1)c1ccc(Oc2ccc(Cl)cc2)cc1Cl. The Morgan fingerprint density at radius 1 is 1.08 bits per heavy atom. The fraction of sp³-hybridized carbons (Fsp3) is 0.222. The van der Waals surface area contributed by atoms with Gasteiger partial charge in [0.2, 0.25) is 0 Å². The zero-order valence-electron chi connectivity index (χ0n) is 13.8. The van der Waals surface area contributed by atoms with Crippen LogP contribution in [0.5, 0.6) is 11.5 Å². The van der Waals surface area contributed by atoms with Crippen molar-refractivity contribution in [3.8, 4) is 11.5 Å². The number of hydrogen-bond donors (Lipinski definition) is 1. The molecule has 1 N–H and O–H groups in total. The van der Waals surface area contributed by atoms with Crippen molar-refractivity contribution in [3.63, 3.8) is 0 Å². The van der Waals surface area contributed by atoms with E-state index in [0.29, 0.717) is 28.0 Å². The van der Waals surface area contributed by atoms with Crippen LogP contribution >= 0.6 is 23.2 Å². The molecule has 25 heavy (non-hydrogen) atoms. The van der Waals surface area contributed by atoms with Gasteiger partial charge in [0.1, 0.15) is 23.7 Å². The molecule has 5 nitrogen and oxygen atoms in total. The zero-order chi connectivity index (χ0) is 17.9. The Balaban J connectivity index is 1.83. The van der Waals surface area contributed by atoms with Gasteiger partial charge >= 0.3 is 0 Å². The van der Waals surface area contributed by atoms with Gasteiger partial charge in [0.05, 0.1) is 10.6 Å². The molecular weight excluding hydrogens is 361 g/mol. The highest BCUT2D eigenvalue weighted by atomic mass is 35.5. The second-order valence-electron chi connectivity index (χ2n) is 5.74. The number of benzene rings is 2. The molecule has 0 amide bonds. The molecule has 0 spiro atoms. The van der Waals surface area contributed by atoms with E-state index < -0.39 is 5.60 Å². The minimum atomic E-state index is -0.643. The predicted molar refractivity (Wildman–Crippen MR) is 97.4 cm³/mol. The molecule has 0 aliphatic carbocycles. The Labute approximate surface area is 155 Å². The molecule has 1 aromatic heterocycles. The molecular formula is C18H17Cl2N3O2. The number of ether oxygens (including phenoxy) is 2. The van der Waals surface area contributed by atoms with Crippen LogP contribution in [-0.2, 0) is 16.8 Å². The van der Waals surface area contributed by atoms with E-state index in [0.717, 1.165) is 11.4 Å². The Bertz CT molecular complexity index is 838. The summed E-state index contributed by atoms with van der Waals surface area (Å²) in [6.45, 7) is 1.95. The molecule has 0 fully saturated rings. The van der Waals surface area contributed by atoms with Gasteiger partial charge in [-0.3, -0.25) is 5.10 Å². The van der Waals surface area contributed by atoms with Crippen molar-refractivity contribution in [2.24, 2.45) is 0 Å². The molecule has 0 aliphatic heterocycles. The van der Waals surface area contributed by atoms with Crippen LogP contribution in [0.1, 0.15) is 18.3 Å². The second kappa shape index (κ2) is 7.44. The van der Waals surface area contributed by atoms with Crippen LogP contribution in [0.15, 0.2) is 48.8 Å². The molecule has 0 bridgehead atoms. The Kier molecular flexibility index (Phi) is 5.27. The van der Waals surface area contributed by atoms with Gasteiger partial charge in [-0.15, -0.1) is 0 Å². The molecule has 0 radical (unpaired) electrons. The van der Waals surface area contributed by atoms with Gasteiger partial charge in [0.25, 0.3) is 0 Å². The van der Waals surface area contributed by atoms with Crippen molar-refractivity contribution in [3.05, 3.63) is 70.2 Å². The van der Waals surface area contributed by atoms with Crippen LogP contribution in [0.2, 0.25) is 10.0 Å². The van der Waals surface area contributed by atoms with Gasteiger partial charge in [-0.25, -0.2) is 4.98 Å². The van der Waals surface area contributed by atoms with Gasteiger partial charge < -0.3 is 9.47 Å². The molecule has 7 heteroatoms. The van der Waals surface area contributed by atoms with Gasteiger partial charge in [-0.2, -0.15) is 5.10 Å². The Morgan fingerprint density at radius 2 is 1.80 bits per heavy atom. The normalized spacial score (nSPS) is 13.4. The molecule has 3 rings (SSSR count). The average molecular weight is 378 g/mol. The van der Waals surface area contributed by atoms with Crippen molar-refractivity contribution in [1.29, 1.82) is 0 Å². The maximum atomic E-state index is 6.50. The lowest BCUT2D eigenvalue weighted by molar-refractivity contribution is 0.000711. The molecule has 0 saturated carbocycles. The van der Waals surface area contributed by atoms with Crippen LogP contribution in [0.3, 0.4) is 0 Å². The van der Waals surface area contributed by atoms with E-state index in [1.165, 1.54) is 6.33 Å². The lowest BCUT2D eigenvalue weighted by Crippen LogP contribution is -2.28. The molecule has 1 heterocycles. The van der Waals surface area contributed by atoms with Crippen LogP contribution in [0.4, 0.5) is 0 Å². The highest BCUT2D eigenvalue weighted by molar-refractivity contribution is 6.31. The van der Waals surface area contributed by atoms with Crippen molar-refractivity contribution in [1.82, 2.24) is 15.2 Å². The summed E-state index contributed by atoms with van der Waals surface area (Å²) in [6.07, 6.45) is 1.98. The van der Waals surface area contributed by atoms with Gasteiger partial charge in [-0.1, -0.05) is 29.3 Å². The number of methoxy groups -OCH3 is 1. The molecule has 3 aromatic rings. The van der Waals surface area contributed by atoms with Crippen LogP contribution < -0.4 is 4.74 Å². The number of aromatic amines is 1. The maximum absolute atomic E-state index is 6.50. The maximum Gasteiger partial charge on any atom is 0.137 e. The Morgan fingerprint density at radius 3 is 2.40 bits per heavy atom. The minimum absolute atomic E-state index is 0.514. The standard InChI is InChI=1S/C18H17Cl2N3O2/c1-18(24-2,10-17-21-11-22-23-17)15-8-7-14(9-16(15)20)25-13-5-3-12(19)4-6-13/h3-9,11H,10H2,1-2H3,(H,21,22,23).